The van der Waals surface area contributed by atoms with Crippen molar-refractivity contribution in [2.24, 2.45) is 0 Å². The van der Waals surface area contributed by atoms with Gasteiger partial charge in [0, 0.05) is 38.6 Å². The summed E-state index contributed by atoms with van der Waals surface area (Å²) in [5.41, 5.74) is 2.07. The first-order valence-corrected chi connectivity index (χ1v) is 14.8. The summed E-state index contributed by atoms with van der Waals surface area (Å²) in [7, 11) is -3.97. The Bertz CT molecular complexity index is 1350. The summed E-state index contributed by atoms with van der Waals surface area (Å²) >= 11 is 24.3. The topological polar surface area (TPSA) is 66.5 Å². The van der Waals surface area contributed by atoms with Gasteiger partial charge in [-0.05, 0) is 79.8 Å². The molecule has 37 heavy (non-hydrogen) atoms. The maximum absolute atomic E-state index is 13.5. The first-order valence-electron chi connectivity index (χ1n) is 11.8. The van der Waals surface area contributed by atoms with E-state index in [2.05, 4.69) is 5.32 Å². The Balaban J connectivity index is 1.56. The number of carbonyl (C=O) groups is 1. The number of hydrogen-bond donors (Lipinski definition) is 1. The smallest absolute Gasteiger partial charge is 0.243 e. The molecule has 1 heterocycles. The van der Waals surface area contributed by atoms with Crippen molar-refractivity contribution >= 4 is 62.3 Å². The lowest BCUT2D eigenvalue weighted by Crippen LogP contribution is -2.49. The van der Waals surface area contributed by atoms with E-state index >= 15 is 0 Å². The Hall–Kier alpha value is -1.80. The number of hydrogen-bond acceptors (Lipinski definition) is 3. The Morgan fingerprint density at radius 1 is 0.919 bits per heavy atom. The van der Waals surface area contributed by atoms with E-state index in [9.17, 15) is 13.2 Å². The molecular formula is C27H26Cl4N2O3S. The molecule has 1 saturated heterocycles. The van der Waals surface area contributed by atoms with Crippen LogP contribution in [0.3, 0.4) is 0 Å². The number of amides is 1. The van der Waals surface area contributed by atoms with Crippen molar-refractivity contribution in [3.8, 4) is 0 Å². The fraction of sp³-hybridized carbons (Fsp3) is 0.296. The first kappa shape index (κ1) is 28.2. The molecule has 0 radical (unpaired) electrons. The maximum atomic E-state index is 13.5. The molecule has 1 aliphatic rings. The third-order valence-corrected chi connectivity index (χ3v) is 9.42. The van der Waals surface area contributed by atoms with Crippen LogP contribution >= 0.6 is 46.4 Å². The molecule has 1 N–H and O–H groups in total. The molecule has 0 spiro atoms. The highest BCUT2D eigenvalue weighted by Crippen LogP contribution is 2.31. The number of rotatable bonds is 8. The molecule has 10 heteroatoms. The molecule has 0 aliphatic carbocycles. The number of carbonyl (C=O) groups excluding carboxylic acids is 1. The van der Waals surface area contributed by atoms with Gasteiger partial charge in [-0.3, -0.25) is 4.79 Å². The zero-order chi connectivity index (χ0) is 26.7. The average molecular weight is 600 g/mol. The van der Waals surface area contributed by atoms with Gasteiger partial charge in [-0.2, -0.15) is 4.31 Å². The van der Waals surface area contributed by atoms with Gasteiger partial charge < -0.3 is 5.32 Å². The van der Waals surface area contributed by atoms with Gasteiger partial charge in [0.2, 0.25) is 15.9 Å². The fourth-order valence-electron chi connectivity index (χ4n) is 4.69. The standard InChI is InChI=1S/C27H26Cl4N2O3S/c1-17(25(19-6-10-21(29)11-7-19)13-18-4-8-20(28)9-5-18)32-27(34)26-3-2-12-33(26)37(35,36)24-15-22(30)14-23(31)16-24/h4-11,14-17,25-26H,2-3,12-13H2,1H3,(H,32,34)/t17?,25?,26-/m1/s1. The van der Waals surface area contributed by atoms with Crippen molar-refractivity contribution < 1.29 is 13.2 Å². The molecule has 3 aromatic carbocycles. The molecule has 0 bridgehead atoms. The Morgan fingerprint density at radius 3 is 2.08 bits per heavy atom. The van der Waals surface area contributed by atoms with Crippen LogP contribution in [0.5, 0.6) is 0 Å². The normalized spacial score (nSPS) is 17.9. The zero-order valence-electron chi connectivity index (χ0n) is 20.0. The average Bonchev–Trinajstić information content (AvgIpc) is 3.35. The summed E-state index contributed by atoms with van der Waals surface area (Å²) in [4.78, 5) is 13.4. The van der Waals surface area contributed by atoms with Crippen LogP contribution in [-0.4, -0.2) is 37.3 Å². The maximum Gasteiger partial charge on any atom is 0.243 e. The molecule has 0 aromatic heterocycles. The lowest BCUT2D eigenvalue weighted by Gasteiger charge is -2.29. The molecule has 3 atom stereocenters. The Labute approximate surface area is 237 Å². The minimum Gasteiger partial charge on any atom is -0.352 e. The summed E-state index contributed by atoms with van der Waals surface area (Å²) in [6.07, 6.45) is 1.65. The van der Waals surface area contributed by atoms with Crippen LogP contribution in [-0.2, 0) is 21.2 Å². The van der Waals surface area contributed by atoms with E-state index in [0.717, 1.165) is 11.1 Å². The lowest BCUT2D eigenvalue weighted by molar-refractivity contribution is -0.125. The van der Waals surface area contributed by atoms with Crippen LogP contribution in [0.25, 0.3) is 0 Å². The minimum atomic E-state index is -3.97. The number of benzene rings is 3. The van der Waals surface area contributed by atoms with Gasteiger partial charge in [0.15, 0.2) is 0 Å². The van der Waals surface area contributed by atoms with E-state index in [-0.39, 0.29) is 39.4 Å². The highest BCUT2D eigenvalue weighted by atomic mass is 35.5. The summed E-state index contributed by atoms with van der Waals surface area (Å²) in [5, 5.41) is 4.79. The van der Waals surface area contributed by atoms with E-state index in [1.54, 1.807) is 0 Å². The van der Waals surface area contributed by atoms with Gasteiger partial charge in [0.05, 0.1) is 4.90 Å². The van der Waals surface area contributed by atoms with Crippen molar-refractivity contribution in [2.75, 3.05) is 6.54 Å². The highest BCUT2D eigenvalue weighted by molar-refractivity contribution is 7.89. The van der Waals surface area contributed by atoms with Gasteiger partial charge in [-0.1, -0.05) is 70.7 Å². The van der Waals surface area contributed by atoms with E-state index in [4.69, 9.17) is 46.4 Å². The first-order chi connectivity index (χ1) is 17.5. The second-order valence-corrected chi connectivity index (χ2v) is 12.8. The van der Waals surface area contributed by atoms with Gasteiger partial charge >= 0.3 is 0 Å². The van der Waals surface area contributed by atoms with Gasteiger partial charge in [0.1, 0.15) is 6.04 Å². The molecule has 0 saturated carbocycles. The van der Waals surface area contributed by atoms with Crippen LogP contribution in [0.4, 0.5) is 0 Å². The predicted molar refractivity (Wildman–Crippen MR) is 150 cm³/mol. The van der Waals surface area contributed by atoms with Crippen molar-refractivity contribution in [3.05, 3.63) is 97.9 Å². The zero-order valence-corrected chi connectivity index (χ0v) is 23.8. The van der Waals surface area contributed by atoms with Crippen LogP contribution in [0.1, 0.15) is 36.8 Å². The van der Waals surface area contributed by atoms with Gasteiger partial charge in [-0.15, -0.1) is 0 Å². The third-order valence-electron chi connectivity index (χ3n) is 6.59. The summed E-state index contributed by atoms with van der Waals surface area (Å²) < 4.78 is 28.0. The molecule has 1 aliphatic heterocycles. The lowest BCUT2D eigenvalue weighted by atomic mass is 9.86. The molecule has 3 aromatic rings. The monoisotopic (exact) mass is 598 g/mol. The summed E-state index contributed by atoms with van der Waals surface area (Å²) in [6, 6.07) is 18.2. The van der Waals surface area contributed by atoms with Crippen molar-refractivity contribution in [2.45, 2.75) is 49.1 Å². The third kappa shape index (κ3) is 6.80. The molecule has 1 amide bonds. The van der Waals surface area contributed by atoms with Crippen LogP contribution in [0.2, 0.25) is 20.1 Å². The van der Waals surface area contributed by atoms with Gasteiger partial charge in [0.25, 0.3) is 0 Å². The van der Waals surface area contributed by atoms with Crippen LogP contribution < -0.4 is 5.32 Å². The summed E-state index contributed by atoms with van der Waals surface area (Å²) in [5.74, 6) is -0.419. The molecule has 196 valence electrons. The SMILES string of the molecule is CC(NC(=O)[C@H]1CCCN1S(=O)(=O)c1cc(Cl)cc(Cl)c1)C(Cc1ccc(Cl)cc1)c1ccc(Cl)cc1. The fourth-order valence-corrected chi connectivity index (χ4v) is 7.33. The largest absolute Gasteiger partial charge is 0.352 e. The van der Waals surface area contributed by atoms with E-state index < -0.39 is 16.1 Å². The van der Waals surface area contributed by atoms with Crippen molar-refractivity contribution in [3.63, 3.8) is 0 Å². The Kier molecular flexibility index (Phi) is 9.10. The number of nitrogens with zero attached hydrogens (tertiary/aromatic N) is 1. The highest BCUT2D eigenvalue weighted by Gasteiger charge is 2.40. The van der Waals surface area contributed by atoms with E-state index in [1.807, 2.05) is 55.5 Å². The second-order valence-electron chi connectivity index (χ2n) is 9.16. The quantitative estimate of drug-likeness (QED) is 0.303. The number of sulfonamides is 1. The van der Waals surface area contributed by atoms with E-state index in [0.29, 0.717) is 29.3 Å². The minimum absolute atomic E-state index is 0.0282. The number of nitrogens with one attached hydrogen (secondary N) is 1. The molecule has 4 rings (SSSR count). The Morgan fingerprint density at radius 2 is 1.49 bits per heavy atom. The van der Waals surface area contributed by atoms with Crippen LogP contribution in [0.15, 0.2) is 71.6 Å². The van der Waals surface area contributed by atoms with Crippen molar-refractivity contribution in [1.82, 2.24) is 9.62 Å². The second kappa shape index (κ2) is 11.9. The molecule has 1 fully saturated rings. The molecule has 2 unspecified atom stereocenters. The van der Waals surface area contributed by atoms with Crippen molar-refractivity contribution in [1.29, 1.82) is 0 Å². The molecular weight excluding hydrogens is 574 g/mol. The van der Waals surface area contributed by atoms with Gasteiger partial charge in [-0.25, -0.2) is 8.42 Å². The number of halogens is 4. The van der Waals surface area contributed by atoms with E-state index in [1.165, 1.54) is 22.5 Å². The predicted octanol–water partition coefficient (Wildman–Crippen LogP) is 6.98. The molecule has 5 nitrogen and oxygen atoms in total. The van der Waals surface area contributed by atoms with Crippen LogP contribution in [0, 0.1) is 0 Å². The summed E-state index contributed by atoms with van der Waals surface area (Å²) in [6.45, 7) is 2.17.